The molecule has 21 heavy (non-hydrogen) atoms. The molecule has 5 heteroatoms. The molecule has 1 aromatic rings. The first-order valence-corrected chi connectivity index (χ1v) is 8.51. The summed E-state index contributed by atoms with van der Waals surface area (Å²) in [5, 5.41) is 19.4. The van der Waals surface area contributed by atoms with Gasteiger partial charge in [0.25, 0.3) is 0 Å². The molecule has 1 aromatic heterocycles. The molecule has 0 spiro atoms. The first-order valence-electron chi connectivity index (χ1n) is 8.51. The van der Waals surface area contributed by atoms with Crippen molar-refractivity contribution in [1.29, 1.82) is 0 Å². The van der Waals surface area contributed by atoms with Crippen LogP contribution in [-0.2, 0) is 6.54 Å². The molecule has 2 heterocycles. The number of piperidine rings is 1. The van der Waals surface area contributed by atoms with Crippen LogP contribution in [0.5, 0.6) is 0 Å². The Morgan fingerprint density at radius 2 is 2.05 bits per heavy atom. The fraction of sp³-hybridized carbons (Fsp3) is 0.875. The standard InChI is InChI=1S/C16H26N4O/c1-12-17-18-15(20(12)14-5-6-14)11-19-9-8-16(21)7-3-2-4-13(16)10-19/h13-14,21H,2-11H2,1H3. The third-order valence-electron chi connectivity index (χ3n) is 5.73. The Kier molecular flexibility index (Phi) is 3.30. The molecule has 0 radical (unpaired) electrons. The van der Waals surface area contributed by atoms with Gasteiger partial charge in [0.15, 0.2) is 0 Å². The number of fused-ring (bicyclic) bond motifs is 1. The van der Waals surface area contributed by atoms with Crippen molar-refractivity contribution in [2.45, 2.75) is 70.1 Å². The molecule has 0 bridgehead atoms. The topological polar surface area (TPSA) is 54.2 Å². The van der Waals surface area contributed by atoms with Gasteiger partial charge in [0.2, 0.25) is 0 Å². The van der Waals surface area contributed by atoms with Crippen LogP contribution in [0.1, 0.15) is 62.6 Å². The zero-order valence-corrected chi connectivity index (χ0v) is 13.0. The molecule has 4 rings (SSSR count). The summed E-state index contributed by atoms with van der Waals surface area (Å²) in [4.78, 5) is 2.48. The lowest BCUT2D eigenvalue weighted by Gasteiger charge is -2.47. The molecule has 116 valence electrons. The monoisotopic (exact) mass is 290 g/mol. The Labute approximate surface area is 126 Å². The Balaban J connectivity index is 1.46. The van der Waals surface area contributed by atoms with E-state index in [4.69, 9.17) is 0 Å². The van der Waals surface area contributed by atoms with E-state index in [0.717, 1.165) is 44.1 Å². The van der Waals surface area contributed by atoms with Crippen LogP contribution in [0.4, 0.5) is 0 Å². The van der Waals surface area contributed by atoms with E-state index in [-0.39, 0.29) is 5.60 Å². The fourth-order valence-corrected chi connectivity index (χ4v) is 4.31. The normalized spacial score (nSPS) is 33.9. The van der Waals surface area contributed by atoms with Gasteiger partial charge < -0.3 is 9.67 Å². The van der Waals surface area contributed by atoms with Crippen LogP contribution in [0, 0.1) is 12.8 Å². The molecule has 0 amide bonds. The van der Waals surface area contributed by atoms with Gasteiger partial charge >= 0.3 is 0 Å². The third-order valence-corrected chi connectivity index (χ3v) is 5.73. The lowest BCUT2D eigenvalue weighted by atomic mass is 9.71. The van der Waals surface area contributed by atoms with Crippen molar-refractivity contribution < 1.29 is 5.11 Å². The average molecular weight is 290 g/mol. The molecular formula is C16H26N4O. The molecule has 5 nitrogen and oxygen atoms in total. The molecule has 3 aliphatic rings. The van der Waals surface area contributed by atoms with Crippen molar-refractivity contribution in [2.75, 3.05) is 13.1 Å². The number of nitrogens with zero attached hydrogens (tertiary/aromatic N) is 4. The number of aromatic nitrogens is 3. The Bertz CT molecular complexity index is 524. The second kappa shape index (κ2) is 5.06. The van der Waals surface area contributed by atoms with E-state index in [0.29, 0.717) is 12.0 Å². The Morgan fingerprint density at radius 1 is 1.19 bits per heavy atom. The van der Waals surface area contributed by atoms with E-state index >= 15 is 0 Å². The predicted molar refractivity (Wildman–Crippen MR) is 79.8 cm³/mol. The zero-order chi connectivity index (χ0) is 14.4. The fourth-order valence-electron chi connectivity index (χ4n) is 4.31. The molecule has 3 fully saturated rings. The number of aryl methyl sites for hydroxylation is 1. The van der Waals surface area contributed by atoms with Crippen LogP contribution in [0.25, 0.3) is 0 Å². The summed E-state index contributed by atoms with van der Waals surface area (Å²) >= 11 is 0. The highest BCUT2D eigenvalue weighted by atomic mass is 16.3. The van der Waals surface area contributed by atoms with Crippen LogP contribution in [0.3, 0.4) is 0 Å². The molecule has 1 saturated heterocycles. The van der Waals surface area contributed by atoms with Crippen LogP contribution in [0.15, 0.2) is 0 Å². The molecule has 2 unspecified atom stereocenters. The van der Waals surface area contributed by atoms with Gasteiger partial charge in [-0.1, -0.05) is 12.8 Å². The van der Waals surface area contributed by atoms with Gasteiger partial charge in [-0.05, 0) is 39.0 Å². The van der Waals surface area contributed by atoms with Crippen LogP contribution < -0.4 is 0 Å². The largest absolute Gasteiger partial charge is 0.390 e. The summed E-state index contributed by atoms with van der Waals surface area (Å²) < 4.78 is 2.33. The van der Waals surface area contributed by atoms with Crippen molar-refractivity contribution >= 4 is 0 Å². The lowest BCUT2D eigenvalue weighted by Crippen LogP contribution is -2.53. The zero-order valence-electron chi connectivity index (χ0n) is 13.0. The minimum Gasteiger partial charge on any atom is -0.390 e. The summed E-state index contributed by atoms with van der Waals surface area (Å²) in [5.41, 5.74) is -0.380. The molecule has 1 N–H and O–H groups in total. The van der Waals surface area contributed by atoms with E-state index in [1.807, 2.05) is 0 Å². The summed E-state index contributed by atoms with van der Waals surface area (Å²) in [7, 11) is 0. The van der Waals surface area contributed by atoms with Gasteiger partial charge in [0.05, 0.1) is 12.1 Å². The number of aliphatic hydroxyl groups is 1. The van der Waals surface area contributed by atoms with E-state index in [9.17, 15) is 5.11 Å². The predicted octanol–water partition coefficient (Wildman–Crippen LogP) is 2.05. The van der Waals surface area contributed by atoms with Crippen molar-refractivity contribution in [3.05, 3.63) is 11.6 Å². The molecule has 0 aromatic carbocycles. The third kappa shape index (κ3) is 2.50. The quantitative estimate of drug-likeness (QED) is 0.925. The van der Waals surface area contributed by atoms with Crippen LogP contribution >= 0.6 is 0 Å². The summed E-state index contributed by atoms with van der Waals surface area (Å²) in [5.74, 6) is 2.63. The van der Waals surface area contributed by atoms with Gasteiger partial charge in [-0.25, -0.2) is 0 Å². The van der Waals surface area contributed by atoms with Crippen LogP contribution in [0.2, 0.25) is 0 Å². The maximum atomic E-state index is 10.8. The van der Waals surface area contributed by atoms with Crippen molar-refractivity contribution in [3.63, 3.8) is 0 Å². The lowest BCUT2D eigenvalue weighted by molar-refractivity contribution is -0.0972. The molecular weight excluding hydrogens is 264 g/mol. The number of rotatable bonds is 3. The van der Waals surface area contributed by atoms with Crippen molar-refractivity contribution in [1.82, 2.24) is 19.7 Å². The minimum absolute atomic E-state index is 0.380. The first-order chi connectivity index (χ1) is 10.2. The van der Waals surface area contributed by atoms with Gasteiger partial charge in [-0.2, -0.15) is 0 Å². The van der Waals surface area contributed by atoms with Crippen molar-refractivity contribution in [3.8, 4) is 0 Å². The number of hydrogen-bond donors (Lipinski definition) is 1. The van der Waals surface area contributed by atoms with E-state index < -0.39 is 0 Å². The summed E-state index contributed by atoms with van der Waals surface area (Å²) in [6.07, 6.45) is 8.13. The smallest absolute Gasteiger partial charge is 0.147 e. The van der Waals surface area contributed by atoms with E-state index in [1.165, 1.54) is 32.1 Å². The Morgan fingerprint density at radius 3 is 2.86 bits per heavy atom. The van der Waals surface area contributed by atoms with Gasteiger partial charge in [0, 0.05) is 25.0 Å². The van der Waals surface area contributed by atoms with Crippen molar-refractivity contribution in [2.24, 2.45) is 5.92 Å². The van der Waals surface area contributed by atoms with Gasteiger partial charge in [0.1, 0.15) is 11.6 Å². The highest BCUT2D eigenvalue weighted by molar-refractivity contribution is 5.03. The molecule has 1 aliphatic heterocycles. The van der Waals surface area contributed by atoms with E-state index in [2.05, 4.69) is 26.6 Å². The Hall–Kier alpha value is -0.940. The highest BCUT2D eigenvalue weighted by Crippen LogP contribution is 2.40. The highest BCUT2D eigenvalue weighted by Gasteiger charge is 2.43. The maximum absolute atomic E-state index is 10.8. The van der Waals surface area contributed by atoms with Gasteiger partial charge in [-0.15, -0.1) is 10.2 Å². The van der Waals surface area contributed by atoms with Gasteiger partial charge in [-0.3, -0.25) is 4.90 Å². The second-order valence-corrected chi connectivity index (χ2v) is 7.30. The molecule has 2 saturated carbocycles. The van der Waals surface area contributed by atoms with E-state index in [1.54, 1.807) is 0 Å². The summed E-state index contributed by atoms with van der Waals surface area (Å²) in [6.45, 7) is 4.96. The minimum atomic E-state index is -0.380. The number of hydrogen-bond acceptors (Lipinski definition) is 4. The maximum Gasteiger partial charge on any atom is 0.147 e. The first kappa shape index (κ1) is 13.7. The SMILES string of the molecule is Cc1nnc(CN2CCC3(O)CCCCC3C2)n1C1CC1. The molecule has 2 aliphatic carbocycles. The number of likely N-dealkylation sites (tertiary alicyclic amines) is 1. The summed E-state index contributed by atoms with van der Waals surface area (Å²) in [6, 6.07) is 0.645. The average Bonchev–Trinajstić information content (AvgIpc) is 3.24. The van der Waals surface area contributed by atoms with Crippen LogP contribution in [-0.4, -0.2) is 43.5 Å². The molecule has 2 atom stereocenters. The second-order valence-electron chi connectivity index (χ2n) is 7.30.